The van der Waals surface area contributed by atoms with E-state index in [0.717, 1.165) is 18.5 Å². The number of thioether (sulfide) groups is 1. The van der Waals surface area contributed by atoms with Gasteiger partial charge in [0.25, 0.3) is 0 Å². The highest BCUT2D eigenvalue weighted by molar-refractivity contribution is 8.02. The van der Waals surface area contributed by atoms with Crippen molar-refractivity contribution in [3.63, 3.8) is 0 Å². The molecule has 2 amide bonds. The van der Waals surface area contributed by atoms with Gasteiger partial charge in [-0.05, 0) is 30.1 Å². The Morgan fingerprint density at radius 1 is 1.39 bits per heavy atom. The number of nitrogens with zero attached hydrogens (tertiary/aromatic N) is 1. The third-order valence-corrected chi connectivity index (χ3v) is 5.47. The molecule has 0 aromatic carbocycles. The van der Waals surface area contributed by atoms with Crippen LogP contribution in [-0.4, -0.2) is 46.0 Å². The van der Waals surface area contributed by atoms with Gasteiger partial charge in [-0.3, -0.25) is 0 Å². The standard InChI is InChI=1S/C16H27N3O3S/c1-9(2)13(15(20)21)18-16(22)19(12-5-6-12)7-11-8-23-14(17-11)10(3)4/h8-10,12-14,17H,5-7H2,1-4H3,(H,18,22)(H,20,21)/t13-,14?/m0/s1. The molecule has 0 radical (unpaired) electrons. The first-order chi connectivity index (χ1) is 10.8. The molecule has 6 nitrogen and oxygen atoms in total. The molecule has 1 unspecified atom stereocenters. The summed E-state index contributed by atoms with van der Waals surface area (Å²) in [6.07, 6.45) is 1.97. The van der Waals surface area contributed by atoms with Crippen LogP contribution < -0.4 is 10.6 Å². The first-order valence-corrected chi connectivity index (χ1v) is 9.14. The third-order valence-electron chi connectivity index (χ3n) is 4.09. The van der Waals surface area contributed by atoms with E-state index in [2.05, 4.69) is 29.9 Å². The summed E-state index contributed by atoms with van der Waals surface area (Å²) in [4.78, 5) is 25.6. The average molecular weight is 341 g/mol. The number of hydrogen-bond donors (Lipinski definition) is 3. The lowest BCUT2D eigenvalue weighted by molar-refractivity contribution is -0.140. The Hall–Kier alpha value is -1.37. The Labute approximate surface area is 142 Å². The van der Waals surface area contributed by atoms with E-state index < -0.39 is 12.0 Å². The van der Waals surface area contributed by atoms with Gasteiger partial charge < -0.3 is 20.6 Å². The number of rotatable bonds is 7. The van der Waals surface area contributed by atoms with E-state index in [1.807, 2.05) is 0 Å². The van der Waals surface area contributed by atoms with Crippen molar-refractivity contribution in [1.29, 1.82) is 0 Å². The normalized spacial score (nSPS) is 21.8. The largest absolute Gasteiger partial charge is 0.480 e. The van der Waals surface area contributed by atoms with E-state index >= 15 is 0 Å². The number of carboxylic acid groups (broad SMARTS) is 1. The van der Waals surface area contributed by atoms with E-state index in [1.165, 1.54) is 0 Å². The molecular weight excluding hydrogens is 314 g/mol. The van der Waals surface area contributed by atoms with E-state index in [9.17, 15) is 14.7 Å². The van der Waals surface area contributed by atoms with Crippen LogP contribution in [0, 0.1) is 11.8 Å². The molecular formula is C16H27N3O3S. The van der Waals surface area contributed by atoms with Gasteiger partial charge in [0.2, 0.25) is 0 Å². The van der Waals surface area contributed by atoms with Gasteiger partial charge in [0.1, 0.15) is 6.04 Å². The number of nitrogens with one attached hydrogen (secondary N) is 2. The van der Waals surface area contributed by atoms with Crippen LogP contribution in [0.25, 0.3) is 0 Å². The Morgan fingerprint density at radius 3 is 2.48 bits per heavy atom. The molecule has 0 bridgehead atoms. The second-order valence-corrected chi connectivity index (χ2v) is 7.97. The predicted octanol–water partition coefficient (Wildman–Crippen LogP) is 2.43. The fourth-order valence-electron chi connectivity index (χ4n) is 2.48. The van der Waals surface area contributed by atoms with Crippen molar-refractivity contribution in [1.82, 2.24) is 15.5 Å². The number of carbonyl (C=O) groups is 2. The fraction of sp³-hybridized carbons (Fsp3) is 0.750. The van der Waals surface area contributed by atoms with Gasteiger partial charge in [-0.25, -0.2) is 9.59 Å². The number of amides is 2. The zero-order chi connectivity index (χ0) is 17.1. The molecule has 0 saturated heterocycles. The second-order valence-electron chi connectivity index (χ2n) is 6.96. The summed E-state index contributed by atoms with van der Waals surface area (Å²) in [5.41, 5.74) is 1.03. The molecule has 3 N–H and O–H groups in total. The van der Waals surface area contributed by atoms with Crippen molar-refractivity contribution in [2.75, 3.05) is 6.54 Å². The highest BCUT2D eigenvalue weighted by Crippen LogP contribution is 2.31. The van der Waals surface area contributed by atoms with Crippen molar-refractivity contribution in [3.8, 4) is 0 Å². The predicted molar refractivity (Wildman–Crippen MR) is 92.0 cm³/mol. The van der Waals surface area contributed by atoms with Gasteiger partial charge in [0, 0.05) is 11.7 Å². The van der Waals surface area contributed by atoms with Crippen molar-refractivity contribution < 1.29 is 14.7 Å². The maximum Gasteiger partial charge on any atom is 0.326 e. The van der Waals surface area contributed by atoms with Gasteiger partial charge in [-0.15, -0.1) is 11.8 Å². The van der Waals surface area contributed by atoms with Crippen molar-refractivity contribution in [2.24, 2.45) is 11.8 Å². The van der Waals surface area contributed by atoms with E-state index in [4.69, 9.17) is 0 Å². The molecule has 1 heterocycles. The number of aliphatic carboxylic acids is 1. The third kappa shape index (κ3) is 4.80. The summed E-state index contributed by atoms with van der Waals surface area (Å²) < 4.78 is 0. The maximum atomic E-state index is 12.5. The monoisotopic (exact) mass is 341 g/mol. The smallest absolute Gasteiger partial charge is 0.326 e. The molecule has 1 aliphatic heterocycles. The van der Waals surface area contributed by atoms with Crippen LogP contribution in [0.15, 0.2) is 11.1 Å². The minimum absolute atomic E-state index is 0.151. The molecule has 2 atom stereocenters. The average Bonchev–Trinajstić information content (AvgIpc) is 3.19. The van der Waals surface area contributed by atoms with Crippen LogP contribution in [0.3, 0.4) is 0 Å². The summed E-state index contributed by atoms with van der Waals surface area (Å²) in [7, 11) is 0. The summed E-state index contributed by atoms with van der Waals surface area (Å²) in [6, 6.07) is -0.913. The molecule has 7 heteroatoms. The lowest BCUT2D eigenvalue weighted by Crippen LogP contribution is -2.51. The maximum absolute atomic E-state index is 12.5. The first-order valence-electron chi connectivity index (χ1n) is 8.20. The molecule has 2 aliphatic rings. The van der Waals surface area contributed by atoms with Crippen LogP contribution in [0.2, 0.25) is 0 Å². The Morgan fingerprint density at radius 2 is 2.04 bits per heavy atom. The Kier molecular flexibility index (Phi) is 5.84. The topological polar surface area (TPSA) is 81.7 Å². The highest BCUT2D eigenvalue weighted by Gasteiger charge is 2.36. The van der Waals surface area contributed by atoms with Gasteiger partial charge in [0.15, 0.2) is 0 Å². The minimum atomic E-state index is -0.988. The highest BCUT2D eigenvalue weighted by atomic mass is 32.2. The lowest BCUT2D eigenvalue weighted by Gasteiger charge is -2.27. The number of carbonyl (C=O) groups excluding carboxylic acids is 1. The molecule has 0 aromatic rings. The molecule has 1 aliphatic carbocycles. The van der Waals surface area contributed by atoms with E-state index in [1.54, 1.807) is 30.5 Å². The molecule has 2 rings (SSSR count). The SMILES string of the molecule is CC(C)C1NC(CN(C(=O)N[C@H](C(=O)O)C(C)C)C2CC2)=CS1. The summed E-state index contributed by atoms with van der Waals surface area (Å²) in [6.45, 7) is 8.42. The van der Waals surface area contributed by atoms with Crippen molar-refractivity contribution >= 4 is 23.8 Å². The van der Waals surface area contributed by atoms with Crippen LogP contribution in [0.5, 0.6) is 0 Å². The number of urea groups is 1. The molecule has 1 saturated carbocycles. The van der Waals surface area contributed by atoms with Gasteiger partial charge in [0.05, 0.1) is 11.9 Å². The number of hydrogen-bond acceptors (Lipinski definition) is 4. The van der Waals surface area contributed by atoms with Gasteiger partial charge in [-0.2, -0.15) is 0 Å². The quantitative estimate of drug-likeness (QED) is 0.662. The molecule has 0 spiro atoms. The van der Waals surface area contributed by atoms with Gasteiger partial charge in [-0.1, -0.05) is 27.7 Å². The molecule has 130 valence electrons. The van der Waals surface area contributed by atoms with E-state index in [0.29, 0.717) is 17.8 Å². The van der Waals surface area contributed by atoms with Crippen LogP contribution in [-0.2, 0) is 4.79 Å². The molecule has 0 aromatic heterocycles. The Balaban J connectivity index is 1.96. The van der Waals surface area contributed by atoms with E-state index in [-0.39, 0.29) is 18.0 Å². The van der Waals surface area contributed by atoms with Gasteiger partial charge >= 0.3 is 12.0 Å². The summed E-state index contributed by atoms with van der Waals surface area (Å²) in [5.74, 6) is -0.630. The summed E-state index contributed by atoms with van der Waals surface area (Å²) in [5, 5.41) is 17.8. The lowest BCUT2D eigenvalue weighted by atomic mass is 10.1. The van der Waals surface area contributed by atoms with Crippen LogP contribution in [0.4, 0.5) is 4.79 Å². The zero-order valence-electron chi connectivity index (χ0n) is 14.2. The fourth-order valence-corrected chi connectivity index (χ4v) is 3.47. The van der Waals surface area contributed by atoms with Crippen LogP contribution >= 0.6 is 11.8 Å². The van der Waals surface area contributed by atoms with Crippen molar-refractivity contribution in [3.05, 3.63) is 11.1 Å². The summed E-state index contributed by atoms with van der Waals surface area (Å²) >= 11 is 1.74. The van der Waals surface area contributed by atoms with Crippen LogP contribution in [0.1, 0.15) is 40.5 Å². The molecule has 1 fully saturated rings. The zero-order valence-corrected chi connectivity index (χ0v) is 15.0. The number of carboxylic acids is 1. The van der Waals surface area contributed by atoms with Crippen molar-refractivity contribution in [2.45, 2.75) is 58.0 Å². The Bertz CT molecular complexity index is 489. The minimum Gasteiger partial charge on any atom is -0.480 e. The second kappa shape index (κ2) is 7.47. The first kappa shape index (κ1) is 18.0. The molecule has 23 heavy (non-hydrogen) atoms.